The van der Waals surface area contributed by atoms with Crippen molar-refractivity contribution >= 4 is 74.1 Å². The zero-order valence-electron chi connectivity index (χ0n) is 37.1. The summed E-state index contributed by atoms with van der Waals surface area (Å²) < 4.78 is 5.13. The van der Waals surface area contributed by atoms with Gasteiger partial charge in [-0.15, -0.1) is 21.4 Å². The van der Waals surface area contributed by atoms with Gasteiger partial charge in [0.15, 0.2) is 0 Å². The predicted octanol–water partition coefficient (Wildman–Crippen LogP) is 18.5. The van der Waals surface area contributed by atoms with Crippen molar-refractivity contribution < 1.29 is 0 Å². The van der Waals surface area contributed by atoms with Crippen LogP contribution < -0.4 is 0 Å². The van der Waals surface area contributed by atoms with E-state index in [1.807, 2.05) is 11.3 Å². The van der Waals surface area contributed by atoms with E-state index in [0.717, 1.165) is 0 Å². The van der Waals surface area contributed by atoms with Crippen LogP contribution in [0.2, 0.25) is 0 Å². The quantitative estimate of drug-likeness (QED) is 0.140. The van der Waals surface area contributed by atoms with Gasteiger partial charge in [-0.05, 0) is 116 Å². The van der Waals surface area contributed by atoms with Gasteiger partial charge in [-0.2, -0.15) is 0 Å². The molecule has 1 nitrogen and oxygen atoms in total. The van der Waals surface area contributed by atoms with Crippen LogP contribution in [0.1, 0.15) is 22.6 Å². The first-order chi connectivity index (χ1) is 33.7. The average molecular weight is 902 g/mol. The van der Waals surface area contributed by atoms with Gasteiger partial charge in [0.25, 0.3) is 0 Å². The van der Waals surface area contributed by atoms with Gasteiger partial charge in [0.1, 0.15) is 0 Å². The molecule has 13 aromatic rings. The molecule has 0 radical (unpaired) electrons. The second kappa shape index (κ2) is 15.6. The largest absolute Gasteiger partial charge is 0.309 e. The van der Waals surface area contributed by atoms with E-state index in [0.29, 0.717) is 0 Å². The lowest BCUT2D eigenvalue weighted by Crippen LogP contribution is -2.07. The molecule has 0 spiro atoms. The number of aromatic nitrogens is 1. The van der Waals surface area contributed by atoms with Crippen molar-refractivity contribution in [2.45, 2.75) is 25.5 Å². The van der Waals surface area contributed by atoms with Crippen molar-refractivity contribution in [2.24, 2.45) is 0 Å². The summed E-state index contributed by atoms with van der Waals surface area (Å²) in [6.45, 7) is 0. The summed E-state index contributed by atoms with van der Waals surface area (Å²) in [5.41, 5.74) is 12.6. The van der Waals surface area contributed by atoms with Crippen molar-refractivity contribution in [3.05, 3.63) is 271 Å². The van der Waals surface area contributed by atoms with Gasteiger partial charge in [-0.25, -0.2) is 0 Å². The van der Waals surface area contributed by atoms with E-state index in [1.165, 1.54) is 117 Å². The molecule has 1 unspecified atom stereocenters. The summed E-state index contributed by atoms with van der Waals surface area (Å²) in [7, 11) is -1.83. The van der Waals surface area contributed by atoms with Crippen LogP contribution in [-0.4, -0.2) is 4.57 Å². The average Bonchev–Trinajstić information content (AvgIpc) is 4.06. The summed E-state index contributed by atoms with van der Waals surface area (Å²) in [6, 6.07) is 95.9. The normalized spacial score (nSPS) is 13.8. The third kappa shape index (κ3) is 5.83. The first-order valence-corrected chi connectivity index (χ1v) is 25.9. The molecular formula is C65H43NS2. The standard InChI is InChI=1S/C65H43NS2/c1-3-22-48(23-4-1)68(49-24-5-2-6-25-49)62-35-14-11-28-53(62)54-39-37-47(42-63(54)68)64(55-30-16-19-43-18-7-8-26-50(43)55)46-21-15-20-44(40-46)45-36-38-52-51-27-9-12-31-57(51)66(59(52)41-45)58-32-17-34-61-65(58)56-29-10-13-33-60(56)67-61/h1-42,64H. The van der Waals surface area contributed by atoms with Gasteiger partial charge in [0, 0.05) is 56.4 Å². The molecule has 14 rings (SSSR count). The fraction of sp³-hybridized carbons (Fsp3) is 0.0154. The molecule has 3 heterocycles. The van der Waals surface area contributed by atoms with Crippen LogP contribution in [-0.2, 0) is 0 Å². The smallest absolute Gasteiger partial charge is 0.0555 e. The third-order valence-corrected chi connectivity index (χ3v) is 19.5. The van der Waals surface area contributed by atoms with Gasteiger partial charge in [0.05, 0.1) is 16.7 Å². The van der Waals surface area contributed by atoms with Crippen LogP contribution in [0.4, 0.5) is 0 Å². The minimum absolute atomic E-state index is 0.0432. The van der Waals surface area contributed by atoms with Crippen LogP contribution in [0.3, 0.4) is 0 Å². The summed E-state index contributed by atoms with van der Waals surface area (Å²) in [5.74, 6) is -0.0432. The van der Waals surface area contributed by atoms with Crippen molar-refractivity contribution in [2.75, 3.05) is 0 Å². The second-order valence-electron chi connectivity index (χ2n) is 18.0. The molecule has 320 valence electrons. The van der Waals surface area contributed by atoms with E-state index in [4.69, 9.17) is 0 Å². The molecule has 0 bridgehead atoms. The Kier molecular flexibility index (Phi) is 8.98. The maximum absolute atomic E-state index is 2.59. The van der Waals surface area contributed by atoms with Gasteiger partial charge < -0.3 is 4.57 Å². The van der Waals surface area contributed by atoms with Crippen LogP contribution >= 0.6 is 21.4 Å². The Morgan fingerprint density at radius 3 is 1.84 bits per heavy atom. The fourth-order valence-electron chi connectivity index (χ4n) is 11.5. The Bertz CT molecular complexity index is 4060. The first kappa shape index (κ1) is 39.2. The third-order valence-electron chi connectivity index (χ3n) is 14.4. The SMILES string of the molecule is c1ccc(S2(c3ccccc3)c3ccccc3-c3ccc(C(c4cccc(-c5ccc6c7ccccc7n(-c7cccc8sc9ccccc9c78)c6c5)c4)c4cccc5ccccc45)cc32)cc1. The topological polar surface area (TPSA) is 4.93 Å². The Morgan fingerprint density at radius 1 is 0.368 bits per heavy atom. The van der Waals surface area contributed by atoms with Gasteiger partial charge in [0.2, 0.25) is 0 Å². The molecule has 68 heavy (non-hydrogen) atoms. The van der Waals surface area contributed by atoms with Crippen molar-refractivity contribution in [1.29, 1.82) is 0 Å². The minimum atomic E-state index is -1.83. The molecule has 11 aromatic carbocycles. The lowest BCUT2D eigenvalue weighted by atomic mass is 9.81. The Morgan fingerprint density at radius 2 is 0.985 bits per heavy atom. The van der Waals surface area contributed by atoms with Gasteiger partial charge in [-0.3, -0.25) is 0 Å². The number of fused-ring (bicyclic) bond motifs is 10. The maximum atomic E-state index is 2.59. The number of hydrogen-bond donors (Lipinski definition) is 0. The zero-order chi connectivity index (χ0) is 44.8. The molecule has 0 saturated carbocycles. The Balaban J connectivity index is 0.990. The minimum Gasteiger partial charge on any atom is -0.309 e. The number of hydrogen-bond acceptors (Lipinski definition) is 1. The van der Waals surface area contributed by atoms with Crippen LogP contribution in [0, 0.1) is 0 Å². The van der Waals surface area contributed by atoms with Crippen molar-refractivity contribution in [3.8, 4) is 27.9 Å². The molecule has 3 heteroatoms. The Hall–Kier alpha value is -7.95. The fourth-order valence-corrected chi connectivity index (χ4v) is 16.9. The molecule has 1 aliphatic heterocycles. The highest BCUT2D eigenvalue weighted by Crippen LogP contribution is 2.80. The first-order valence-electron chi connectivity index (χ1n) is 23.4. The molecule has 0 saturated heterocycles. The lowest BCUT2D eigenvalue weighted by molar-refractivity contribution is 0.982. The van der Waals surface area contributed by atoms with Crippen molar-refractivity contribution in [3.63, 3.8) is 0 Å². The molecule has 2 aromatic heterocycles. The molecule has 0 aliphatic carbocycles. The van der Waals surface area contributed by atoms with E-state index < -0.39 is 10.0 Å². The van der Waals surface area contributed by atoms with Crippen LogP contribution in [0.15, 0.2) is 274 Å². The summed E-state index contributed by atoms with van der Waals surface area (Å²) in [6.07, 6.45) is 0. The van der Waals surface area contributed by atoms with E-state index >= 15 is 0 Å². The monoisotopic (exact) mass is 901 g/mol. The summed E-state index contributed by atoms with van der Waals surface area (Å²) in [5, 5.41) is 7.66. The zero-order valence-corrected chi connectivity index (χ0v) is 38.7. The van der Waals surface area contributed by atoms with Crippen LogP contribution in [0.5, 0.6) is 0 Å². The number of benzene rings is 11. The highest BCUT2D eigenvalue weighted by Gasteiger charge is 2.42. The maximum Gasteiger partial charge on any atom is 0.0555 e. The van der Waals surface area contributed by atoms with Gasteiger partial charge in [-0.1, -0.05) is 188 Å². The van der Waals surface area contributed by atoms with Crippen molar-refractivity contribution in [1.82, 2.24) is 4.57 Å². The molecule has 0 amide bonds. The molecule has 1 atom stereocenters. The second-order valence-corrected chi connectivity index (χ2v) is 22.1. The van der Waals surface area contributed by atoms with Gasteiger partial charge >= 0.3 is 0 Å². The highest BCUT2D eigenvalue weighted by atomic mass is 32.3. The molecule has 0 fully saturated rings. The van der Waals surface area contributed by atoms with E-state index in [1.54, 1.807) is 0 Å². The molecule has 1 aliphatic rings. The molecule has 0 N–H and O–H groups in total. The van der Waals surface area contributed by atoms with E-state index in [2.05, 4.69) is 259 Å². The summed E-state index contributed by atoms with van der Waals surface area (Å²) in [4.78, 5) is 5.52. The number of rotatable bonds is 7. The molecular weight excluding hydrogens is 859 g/mol. The lowest BCUT2D eigenvalue weighted by Gasteiger charge is -2.39. The Labute approximate surface area is 401 Å². The van der Waals surface area contributed by atoms with Crippen LogP contribution in [0.25, 0.3) is 80.7 Å². The highest BCUT2D eigenvalue weighted by molar-refractivity contribution is 8.34. The number of para-hydroxylation sites is 1. The summed E-state index contributed by atoms with van der Waals surface area (Å²) >= 11 is 1.87. The predicted molar refractivity (Wildman–Crippen MR) is 289 cm³/mol. The number of nitrogens with zero attached hydrogens (tertiary/aromatic N) is 1. The number of thiophene rings is 1. The van der Waals surface area contributed by atoms with E-state index in [9.17, 15) is 0 Å². The van der Waals surface area contributed by atoms with E-state index in [-0.39, 0.29) is 5.92 Å².